The number of alkyl halides is 3. The molecule has 2 aromatic heterocycles. The monoisotopic (exact) mass is 270 g/mol. The minimum atomic E-state index is -4.32. The van der Waals surface area contributed by atoms with Crippen LogP contribution in [0.5, 0.6) is 0 Å². The number of imidazole rings is 1. The lowest BCUT2D eigenvalue weighted by molar-refractivity contribution is -0.187. The molecule has 1 N–H and O–H groups in total. The minimum Gasteiger partial charge on any atom is -0.329 e. The van der Waals surface area contributed by atoms with Gasteiger partial charge in [-0.3, -0.25) is 4.98 Å². The third kappa shape index (κ3) is 1.64. The first kappa shape index (κ1) is 12.4. The Balaban J connectivity index is 2.24. The fraction of sp³-hybridized carbons (Fsp3) is 0.500. The van der Waals surface area contributed by atoms with Crippen LogP contribution >= 0.6 is 0 Å². The summed E-state index contributed by atoms with van der Waals surface area (Å²) in [6.07, 6.45) is -1.23. The summed E-state index contributed by atoms with van der Waals surface area (Å²) in [6.45, 7) is 0.224. The molecule has 1 fully saturated rings. The molecule has 0 aromatic carbocycles. The van der Waals surface area contributed by atoms with Gasteiger partial charge < -0.3 is 9.88 Å². The number of hydrogen-bond acceptors (Lipinski definition) is 3. The van der Waals surface area contributed by atoms with E-state index in [-0.39, 0.29) is 18.8 Å². The first-order valence-corrected chi connectivity index (χ1v) is 6.00. The maximum Gasteiger partial charge on any atom is 0.402 e. The molecular weight excluding hydrogens is 257 g/mol. The third-order valence-corrected chi connectivity index (χ3v) is 3.81. The van der Waals surface area contributed by atoms with Gasteiger partial charge in [-0.25, -0.2) is 4.98 Å². The summed E-state index contributed by atoms with van der Waals surface area (Å²) in [5.74, 6) is 0.0630. The van der Waals surface area contributed by atoms with Crippen molar-refractivity contribution in [2.75, 3.05) is 13.1 Å². The van der Waals surface area contributed by atoms with Gasteiger partial charge in [-0.1, -0.05) is 0 Å². The molecule has 4 nitrogen and oxygen atoms in total. The van der Waals surface area contributed by atoms with Crippen LogP contribution in [0.1, 0.15) is 12.2 Å². The summed E-state index contributed by atoms with van der Waals surface area (Å²) in [5, 5.41) is 2.80. The summed E-state index contributed by atoms with van der Waals surface area (Å²) < 4.78 is 42.0. The summed E-state index contributed by atoms with van der Waals surface area (Å²) in [7, 11) is 1.61. The minimum absolute atomic E-state index is 0.0150. The largest absolute Gasteiger partial charge is 0.402 e. The average molecular weight is 270 g/mol. The summed E-state index contributed by atoms with van der Waals surface area (Å²) in [4.78, 5) is 8.14. The molecule has 2 aromatic rings. The topological polar surface area (TPSA) is 42.7 Å². The van der Waals surface area contributed by atoms with Crippen molar-refractivity contribution in [2.24, 2.45) is 7.05 Å². The van der Waals surface area contributed by atoms with Gasteiger partial charge in [0.25, 0.3) is 0 Å². The standard InChI is InChI=1S/C12H13F3N4/c1-19-9-6-16-4-2-8(9)18-10(19)11(12(13,14)15)3-5-17-7-11/h2,4,6,17H,3,5,7H2,1H3. The van der Waals surface area contributed by atoms with Crippen LogP contribution in [0, 0.1) is 0 Å². The van der Waals surface area contributed by atoms with E-state index in [9.17, 15) is 13.2 Å². The van der Waals surface area contributed by atoms with Crippen LogP contribution in [0.3, 0.4) is 0 Å². The molecule has 102 valence electrons. The zero-order chi connectivity index (χ0) is 13.7. The van der Waals surface area contributed by atoms with E-state index in [1.807, 2.05) is 0 Å². The quantitative estimate of drug-likeness (QED) is 0.858. The van der Waals surface area contributed by atoms with Gasteiger partial charge in [0, 0.05) is 19.8 Å². The number of halogens is 3. The predicted octanol–water partition coefficient (Wildman–Crippen LogP) is 1.76. The van der Waals surface area contributed by atoms with E-state index in [4.69, 9.17) is 0 Å². The highest BCUT2D eigenvalue weighted by molar-refractivity contribution is 5.75. The van der Waals surface area contributed by atoms with E-state index < -0.39 is 11.6 Å². The Morgan fingerprint density at radius 1 is 1.42 bits per heavy atom. The number of pyridine rings is 1. The molecule has 1 atom stereocenters. The SMILES string of the molecule is Cn1c(C2(C(F)(F)F)CCNC2)nc2ccncc21. The molecule has 0 bridgehead atoms. The second-order valence-corrected chi connectivity index (χ2v) is 4.87. The molecule has 3 rings (SSSR count). The van der Waals surface area contributed by atoms with Gasteiger partial charge in [-0.05, 0) is 19.0 Å². The fourth-order valence-corrected chi connectivity index (χ4v) is 2.71. The third-order valence-electron chi connectivity index (χ3n) is 3.81. The number of aryl methyl sites for hydroxylation is 1. The van der Waals surface area contributed by atoms with Gasteiger partial charge in [-0.15, -0.1) is 0 Å². The van der Waals surface area contributed by atoms with Crippen LogP contribution in [-0.4, -0.2) is 33.8 Å². The van der Waals surface area contributed by atoms with Crippen LogP contribution < -0.4 is 5.32 Å². The first-order chi connectivity index (χ1) is 8.96. The highest BCUT2D eigenvalue weighted by Gasteiger charge is 2.59. The van der Waals surface area contributed by atoms with Gasteiger partial charge >= 0.3 is 6.18 Å². The second kappa shape index (κ2) is 3.93. The Labute approximate surface area is 107 Å². The summed E-state index contributed by atoms with van der Waals surface area (Å²) in [6, 6.07) is 1.63. The number of aromatic nitrogens is 3. The van der Waals surface area contributed by atoms with Crippen molar-refractivity contribution < 1.29 is 13.2 Å². The van der Waals surface area contributed by atoms with Crippen LogP contribution in [0.2, 0.25) is 0 Å². The van der Waals surface area contributed by atoms with Crippen molar-refractivity contribution in [2.45, 2.75) is 18.0 Å². The molecule has 1 saturated heterocycles. The average Bonchev–Trinajstić information content (AvgIpc) is 2.95. The smallest absolute Gasteiger partial charge is 0.329 e. The van der Waals surface area contributed by atoms with E-state index in [0.717, 1.165) is 0 Å². The number of nitrogens with zero attached hydrogens (tertiary/aromatic N) is 3. The normalized spacial score (nSPS) is 24.2. The molecule has 0 radical (unpaired) electrons. The van der Waals surface area contributed by atoms with Crippen molar-refractivity contribution in [1.29, 1.82) is 0 Å². The molecule has 3 heterocycles. The van der Waals surface area contributed by atoms with Crippen LogP contribution in [0.25, 0.3) is 11.0 Å². The zero-order valence-electron chi connectivity index (χ0n) is 10.3. The molecule has 0 amide bonds. The number of nitrogens with one attached hydrogen (secondary N) is 1. The van der Waals surface area contributed by atoms with Gasteiger partial charge in [0.2, 0.25) is 0 Å². The van der Waals surface area contributed by atoms with Gasteiger partial charge in [0.15, 0.2) is 0 Å². The van der Waals surface area contributed by atoms with Crippen molar-refractivity contribution >= 4 is 11.0 Å². The van der Waals surface area contributed by atoms with Crippen LogP contribution in [0.15, 0.2) is 18.5 Å². The molecular formula is C12H13F3N4. The first-order valence-electron chi connectivity index (χ1n) is 6.00. The Morgan fingerprint density at radius 3 is 2.79 bits per heavy atom. The van der Waals surface area contributed by atoms with Gasteiger partial charge in [-0.2, -0.15) is 13.2 Å². The summed E-state index contributed by atoms with van der Waals surface area (Å²) >= 11 is 0. The Bertz CT molecular complexity index is 611. The number of hydrogen-bond donors (Lipinski definition) is 1. The zero-order valence-corrected chi connectivity index (χ0v) is 10.3. The molecule has 0 aliphatic carbocycles. The molecule has 0 saturated carbocycles. The Morgan fingerprint density at radius 2 is 2.21 bits per heavy atom. The molecule has 1 unspecified atom stereocenters. The maximum absolute atomic E-state index is 13.5. The fourth-order valence-electron chi connectivity index (χ4n) is 2.71. The summed E-state index contributed by atoms with van der Waals surface area (Å²) in [5.41, 5.74) is -0.739. The molecule has 0 spiro atoms. The van der Waals surface area contributed by atoms with E-state index in [1.54, 1.807) is 13.1 Å². The molecule has 19 heavy (non-hydrogen) atoms. The lowest BCUT2D eigenvalue weighted by Crippen LogP contribution is -2.46. The van der Waals surface area contributed by atoms with E-state index >= 15 is 0 Å². The van der Waals surface area contributed by atoms with Crippen molar-refractivity contribution in [3.8, 4) is 0 Å². The highest BCUT2D eigenvalue weighted by Crippen LogP contribution is 2.45. The molecule has 1 aliphatic heterocycles. The number of rotatable bonds is 1. The van der Waals surface area contributed by atoms with E-state index in [1.165, 1.54) is 17.0 Å². The van der Waals surface area contributed by atoms with E-state index in [2.05, 4.69) is 15.3 Å². The lowest BCUT2D eigenvalue weighted by atomic mass is 9.85. The number of fused-ring (bicyclic) bond motifs is 1. The molecule has 1 aliphatic rings. The van der Waals surface area contributed by atoms with Crippen molar-refractivity contribution in [3.63, 3.8) is 0 Å². The van der Waals surface area contributed by atoms with Crippen LogP contribution in [-0.2, 0) is 12.5 Å². The molecule has 7 heteroatoms. The van der Waals surface area contributed by atoms with E-state index in [0.29, 0.717) is 17.6 Å². The van der Waals surface area contributed by atoms with Gasteiger partial charge in [0.05, 0.1) is 17.2 Å². The lowest BCUT2D eigenvalue weighted by Gasteiger charge is -2.30. The van der Waals surface area contributed by atoms with Gasteiger partial charge in [0.1, 0.15) is 11.2 Å². The maximum atomic E-state index is 13.5. The highest BCUT2D eigenvalue weighted by atomic mass is 19.4. The van der Waals surface area contributed by atoms with Crippen LogP contribution in [0.4, 0.5) is 13.2 Å². The Hall–Kier alpha value is -1.63. The predicted molar refractivity (Wildman–Crippen MR) is 63.7 cm³/mol. The second-order valence-electron chi connectivity index (χ2n) is 4.87. The van der Waals surface area contributed by atoms with Crippen molar-refractivity contribution in [3.05, 3.63) is 24.3 Å². The Kier molecular flexibility index (Phi) is 2.57. The van der Waals surface area contributed by atoms with Crippen molar-refractivity contribution in [1.82, 2.24) is 19.9 Å².